The van der Waals surface area contributed by atoms with E-state index >= 15 is 0 Å². The third kappa shape index (κ3) is 4.28. The number of fused-ring (bicyclic) bond motifs is 1. The van der Waals surface area contributed by atoms with Gasteiger partial charge in [-0.05, 0) is 42.5 Å². The summed E-state index contributed by atoms with van der Waals surface area (Å²) in [6, 6.07) is 10.6. The van der Waals surface area contributed by atoms with E-state index in [1.54, 1.807) is 0 Å². The van der Waals surface area contributed by atoms with Crippen LogP contribution in [-0.2, 0) is 16.6 Å². The third-order valence-electron chi connectivity index (χ3n) is 4.08. The van der Waals surface area contributed by atoms with Gasteiger partial charge >= 0.3 is 0 Å². The maximum atomic E-state index is 13.0. The van der Waals surface area contributed by atoms with E-state index in [0.717, 1.165) is 17.1 Å². The maximum absolute atomic E-state index is 13.0. The largest absolute Gasteiger partial charge is 0.346 e. The number of amides is 1. The molecule has 0 spiro atoms. The van der Waals surface area contributed by atoms with Crippen molar-refractivity contribution >= 4 is 37.9 Å². The van der Waals surface area contributed by atoms with Gasteiger partial charge in [0.05, 0.1) is 17.1 Å². The predicted molar refractivity (Wildman–Crippen MR) is 108 cm³/mol. The first-order valence-corrected chi connectivity index (χ1v) is 10.8. The van der Waals surface area contributed by atoms with Crippen LogP contribution in [-0.4, -0.2) is 23.7 Å². The van der Waals surface area contributed by atoms with Crippen molar-refractivity contribution in [3.8, 4) is 0 Å². The zero-order valence-electron chi connectivity index (χ0n) is 14.9. The fraction of sp³-hybridized carbons (Fsp3) is 0.0526. The second kappa shape index (κ2) is 7.64. The molecule has 0 aliphatic carbocycles. The van der Waals surface area contributed by atoms with E-state index in [2.05, 4.69) is 15.0 Å². The van der Waals surface area contributed by atoms with Crippen LogP contribution in [0.25, 0.3) is 4.96 Å². The quantitative estimate of drug-likeness (QED) is 0.491. The number of anilines is 1. The van der Waals surface area contributed by atoms with Crippen LogP contribution in [0.2, 0.25) is 0 Å². The van der Waals surface area contributed by atoms with Gasteiger partial charge < -0.3 is 5.32 Å². The number of thiazole rings is 1. The van der Waals surface area contributed by atoms with Crippen LogP contribution in [0.5, 0.6) is 0 Å². The molecule has 10 heteroatoms. The van der Waals surface area contributed by atoms with E-state index in [1.165, 1.54) is 47.7 Å². The van der Waals surface area contributed by atoms with Crippen LogP contribution < -0.4 is 10.0 Å². The standard InChI is InChI=1S/C19H15FN4O3S2/c20-14-4-6-15(7-5-14)23-29(26,27)17-3-1-2-13(10-17)18(25)21-11-16-12-24-8-9-28-19(24)22-16/h1-10,12,23H,11H2,(H,21,25). The molecule has 2 N–H and O–H groups in total. The van der Waals surface area contributed by atoms with Crippen molar-refractivity contribution in [1.82, 2.24) is 14.7 Å². The van der Waals surface area contributed by atoms with Crippen molar-refractivity contribution in [1.29, 1.82) is 0 Å². The Morgan fingerprint density at radius 1 is 1.17 bits per heavy atom. The molecule has 0 aliphatic heterocycles. The number of benzene rings is 2. The number of sulfonamides is 1. The first-order chi connectivity index (χ1) is 13.9. The molecule has 0 atom stereocenters. The number of carbonyl (C=O) groups excluding carboxylic acids is 1. The monoisotopic (exact) mass is 430 g/mol. The second-order valence-corrected chi connectivity index (χ2v) is 8.70. The van der Waals surface area contributed by atoms with Gasteiger partial charge in [0, 0.05) is 29.0 Å². The smallest absolute Gasteiger partial charge is 0.261 e. The Balaban J connectivity index is 1.47. The maximum Gasteiger partial charge on any atom is 0.261 e. The van der Waals surface area contributed by atoms with E-state index in [-0.39, 0.29) is 22.7 Å². The van der Waals surface area contributed by atoms with E-state index in [9.17, 15) is 17.6 Å². The normalized spacial score (nSPS) is 11.5. The lowest BCUT2D eigenvalue weighted by atomic mass is 10.2. The lowest BCUT2D eigenvalue weighted by molar-refractivity contribution is 0.0950. The van der Waals surface area contributed by atoms with Gasteiger partial charge in [0.2, 0.25) is 0 Å². The highest BCUT2D eigenvalue weighted by molar-refractivity contribution is 7.92. The molecule has 2 aromatic carbocycles. The van der Waals surface area contributed by atoms with Crippen molar-refractivity contribution < 1.29 is 17.6 Å². The van der Waals surface area contributed by atoms with Gasteiger partial charge in [-0.15, -0.1) is 11.3 Å². The number of nitrogens with one attached hydrogen (secondary N) is 2. The predicted octanol–water partition coefficient (Wildman–Crippen LogP) is 3.27. The van der Waals surface area contributed by atoms with Crippen LogP contribution in [0.1, 0.15) is 16.1 Å². The molecule has 2 aromatic heterocycles. The molecule has 0 unspecified atom stereocenters. The summed E-state index contributed by atoms with van der Waals surface area (Å²) in [6.07, 6.45) is 3.69. The molecule has 148 valence electrons. The van der Waals surface area contributed by atoms with Crippen molar-refractivity contribution in [3.05, 3.63) is 83.4 Å². The minimum atomic E-state index is -3.93. The summed E-state index contributed by atoms with van der Waals surface area (Å²) in [4.78, 5) is 17.6. The van der Waals surface area contributed by atoms with Crippen molar-refractivity contribution in [2.45, 2.75) is 11.4 Å². The van der Waals surface area contributed by atoms with Gasteiger partial charge in [0.1, 0.15) is 5.82 Å². The number of hydrogen-bond donors (Lipinski definition) is 2. The van der Waals surface area contributed by atoms with E-state index in [1.807, 2.05) is 22.2 Å². The molecular formula is C19H15FN4O3S2. The zero-order chi connectivity index (χ0) is 20.4. The number of imidazole rings is 1. The zero-order valence-corrected chi connectivity index (χ0v) is 16.5. The molecule has 2 heterocycles. The fourth-order valence-corrected chi connectivity index (χ4v) is 4.49. The molecule has 0 saturated heterocycles. The molecule has 0 aliphatic rings. The first-order valence-electron chi connectivity index (χ1n) is 8.48. The molecule has 0 radical (unpaired) electrons. The van der Waals surface area contributed by atoms with E-state index < -0.39 is 21.7 Å². The van der Waals surface area contributed by atoms with Crippen molar-refractivity contribution in [2.75, 3.05) is 4.72 Å². The summed E-state index contributed by atoms with van der Waals surface area (Å²) < 4.78 is 42.3. The van der Waals surface area contributed by atoms with Gasteiger partial charge in [-0.25, -0.2) is 17.8 Å². The Hall–Kier alpha value is -3.24. The SMILES string of the molecule is O=C(NCc1cn2ccsc2n1)c1cccc(S(=O)(=O)Nc2ccc(F)cc2)c1. The van der Waals surface area contributed by atoms with Crippen LogP contribution >= 0.6 is 11.3 Å². The van der Waals surface area contributed by atoms with Crippen LogP contribution in [0.4, 0.5) is 10.1 Å². The summed E-state index contributed by atoms with van der Waals surface area (Å²) in [5.41, 5.74) is 1.13. The topological polar surface area (TPSA) is 92.6 Å². The van der Waals surface area contributed by atoms with Crippen molar-refractivity contribution in [3.63, 3.8) is 0 Å². The third-order valence-corrected chi connectivity index (χ3v) is 6.23. The number of nitrogens with zero attached hydrogens (tertiary/aromatic N) is 2. The molecule has 29 heavy (non-hydrogen) atoms. The van der Waals surface area contributed by atoms with E-state index in [0.29, 0.717) is 5.69 Å². The van der Waals surface area contributed by atoms with Crippen LogP contribution in [0.3, 0.4) is 0 Å². The molecule has 4 rings (SSSR count). The Morgan fingerprint density at radius 3 is 2.72 bits per heavy atom. The number of aromatic nitrogens is 2. The lowest BCUT2D eigenvalue weighted by Gasteiger charge is -2.09. The number of halogens is 1. The Bertz CT molecular complexity index is 1250. The number of rotatable bonds is 6. The summed E-state index contributed by atoms with van der Waals surface area (Å²) in [5.74, 6) is -0.885. The highest BCUT2D eigenvalue weighted by Gasteiger charge is 2.17. The molecular weight excluding hydrogens is 415 g/mol. The first kappa shape index (κ1) is 19.1. The molecule has 4 aromatic rings. The Morgan fingerprint density at radius 2 is 1.97 bits per heavy atom. The minimum absolute atomic E-state index is 0.0722. The van der Waals surface area contributed by atoms with E-state index in [4.69, 9.17) is 0 Å². The fourth-order valence-electron chi connectivity index (χ4n) is 2.67. The second-order valence-electron chi connectivity index (χ2n) is 6.15. The van der Waals surface area contributed by atoms with Crippen LogP contribution in [0.15, 0.2) is 71.2 Å². The Labute approximate surface area is 169 Å². The number of carbonyl (C=O) groups is 1. The molecule has 0 saturated carbocycles. The molecule has 0 fully saturated rings. The van der Waals surface area contributed by atoms with Gasteiger partial charge in [-0.2, -0.15) is 0 Å². The van der Waals surface area contributed by atoms with Gasteiger partial charge in [0.25, 0.3) is 15.9 Å². The molecule has 7 nitrogen and oxygen atoms in total. The van der Waals surface area contributed by atoms with Gasteiger partial charge in [0.15, 0.2) is 4.96 Å². The molecule has 0 bridgehead atoms. The summed E-state index contributed by atoms with van der Waals surface area (Å²) in [6.45, 7) is 0.220. The Kier molecular flexibility index (Phi) is 5.03. The average molecular weight is 430 g/mol. The molecule has 1 amide bonds. The number of hydrogen-bond acceptors (Lipinski definition) is 5. The summed E-state index contributed by atoms with van der Waals surface area (Å²) >= 11 is 1.49. The minimum Gasteiger partial charge on any atom is -0.346 e. The van der Waals surface area contributed by atoms with Gasteiger partial charge in [-0.1, -0.05) is 6.07 Å². The summed E-state index contributed by atoms with van der Waals surface area (Å²) in [5, 5.41) is 4.65. The van der Waals surface area contributed by atoms with Gasteiger partial charge in [-0.3, -0.25) is 13.9 Å². The van der Waals surface area contributed by atoms with Crippen LogP contribution in [0, 0.1) is 5.82 Å². The summed E-state index contributed by atoms with van der Waals surface area (Å²) in [7, 11) is -3.93. The average Bonchev–Trinajstić information content (AvgIpc) is 3.30. The highest BCUT2D eigenvalue weighted by Crippen LogP contribution is 2.18. The lowest BCUT2D eigenvalue weighted by Crippen LogP contribution is -2.23. The highest BCUT2D eigenvalue weighted by atomic mass is 32.2. The van der Waals surface area contributed by atoms with Crippen molar-refractivity contribution in [2.24, 2.45) is 0 Å².